The number of rotatable bonds is 7. The van der Waals surface area contributed by atoms with Crippen LogP contribution >= 0.6 is 24.0 Å². The monoisotopic (exact) mass is 542 g/mol. The summed E-state index contributed by atoms with van der Waals surface area (Å²) in [5, 5.41) is 6.77. The summed E-state index contributed by atoms with van der Waals surface area (Å²) < 4.78 is 24.6. The largest absolute Gasteiger partial charge is 0.497 e. The molecule has 0 bridgehead atoms. The zero-order valence-corrected chi connectivity index (χ0v) is 20.7. The summed E-state index contributed by atoms with van der Waals surface area (Å²) >= 11 is 0. The van der Waals surface area contributed by atoms with Crippen molar-refractivity contribution in [3.05, 3.63) is 53.8 Å². The van der Waals surface area contributed by atoms with Crippen molar-refractivity contribution in [3.8, 4) is 11.5 Å². The summed E-state index contributed by atoms with van der Waals surface area (Å²) in [6, 6.07) is 13.0. The second kappa shape index (κ2) is 12.6. The van der Waals surface area contributed by atoms with Gasteiger partial charge in [-0.05, 0) is 25.8 Å². The molecule has 0 atom stereocenters. The number of nitrogens with zero attached hydrogens (tertiary/aromatic N) is 2. The van der Waals surface area contributed by atoms with Gasteiger partial charge >= 0.3 is 0 Å². The van der Waals surface area contributed by atoms with Crippen LogP contribution in [-0.2, 0) is 6.54 Å². The lowest BCUT2D eigenvalue weighted by molar-refractivity contribution is 0.393. The smallest absolute Gasteiger partial charge is 0.191 e. The molecule has 1 saturated heterocycles. The Morgan fingerprint density at radius 1 is 1.10 bits per heavy atom. The average Bonchev–Trinajstić information content (AvgIpc) is 2.78. The minimum absolute atomic E-state index is 0. The van der Waals surface area contributed by atoms with E-state index in [1.165, 1.54) is 6.07 Å². The van der Waals surface area contributed by atoms with Gasteiger partial charge < -0.3 is 25.0 Å². The first kappa shape index (κ1) is 25.0. The second-order valence-corrected chi connectivity index (χ2v) is 7.26. The summed E-state index contributed by atoms with van der Waals surface area (Å²) in [7, 11) is 3.33. The zero-order valence-electron chi connectivity index (χ0n) is 18.4. The van der Waals surface area contributed by atoms with Gasteiger partial charge in [-0.2, -0.15) is 0 Å². The van der Waals surface area contributed by atoms with Crippen LogP contribution in [0.1, 0.15) is 25.3 Å². The predicted octanol–water partition coefficient (Wildman–Crippen LogP) is 4.19. The van der Waals surface area contributed by atoms with Crippen molar-refractivity contribution in [1.29, 1.82) is 0 Å². The third-order valence-corrected chi connectivity index (χ3v) is 5.25. The first-order valence-corrected chi connectivity index (χ1v) is 10.4. The Kier molecular flexibility index (Phi) is 10.2. The molecule has 31 heavy (non-hydrogen) atoms. The maximum absolute atomic E-state index is 13.9. The highest BCUT2D eigenvalue weighted by molar-refractivity contribution is 14.0. The summed E-state index contributed by atoms with van der Waals surface area (Å²) in [5.41, 5.74) is 1.70. The molecule has 2 aromatic carbocycles. The SMILES string of the molecule is CCNC(=NCc1ccccc1F)NC1CCN(c2cc(OC)cc(OC)c2)CC1.I. The lowest BCUT2D eigenvalue weighted by Crippen LogP contribution is -2.48. The van der Waals surface area contributed by atoms with Gasteiger partial charge in [-0.1, -0.05) is 18.2 Å². The van der Waals surface area contributed by atoms with Crippen molar-refractivity contribution >= 4 is 35.6 Å². The van der Waals surface area contributed by atoms with Crippen molar-refractivity contribution < 1.29 is 13.9 Å². The van der Waals surface area contributed by atoms with Crippen molar-refractivity contribution in [3.63, 3.8) is 0 Å². The molecule has 8 heteroatoms. The number of aliphatic imine (C=N–C) groups is 1. The molecule has 0 saturated carbocycles. The minimum atomic E-state index is -0.223. The molecular weight excluding hydrogens is 510 g/mol. The van der Waals surface area contributed by atoms with Crippen LogP contribution in [0.4, 0.5) is 10.1 Å². The van der Waals surface area contributed by atoms with Gasteiger partial charge in [-0.15, -0.1) is 24.0 Å². The summed E-state index contributed by atoms with van der Waals surface area (Å²) in [5.74, 6) is 2.08. The molecule has 0 spiro atoms. The molecule has 2 N–H and O–H groups in total. The van der Waals surface area contributed by atoms with Gasteiger partial charge in [-0.25, -0.2) is 9.38 Å². The lowest BCUT2D eigenvalue weighted by Gasteiger charge is -2.34. The molecule has 1 aliphatic rings. The number of piperidine rings is 1. The van der Waals surface area contributed by atoms with Crippen LogP contribution in [0.5, 0.6) is 11.5 Å². The van der Waals surface area contributed by atoms with E-state index in [-0.39, 0.29) is 29.8 Å². The maximum atomic E-state index is 13.9. The fourth-order valence-corrected chi connectivity index (χ4v) is 3.56. The third-order valence-electron chi connectivity index (χ3n) is 5.25. The van der Waals surface area contributed by atoms with Crippen LogP contribution < -0.4 is 25.0 Å². The molecule has 3 rings (SSSR count). The molecule has 0 aliphatic carbocycles. The number of hydrogen-bond acceptors (Lipinski definition) is 4. The molecular formula is C23H32FIN4O2. The molecule has 1 aliphatic heterocycles. The number of anilines is 1. The van der Waals surface area contributed by atoms with Crippen LogP contribution in [0.15, 0.2) is 47.5 Å². The highest BCUT2D eigenvalue weighted by Crippen LogP contribution is 2.30. The normalized spacial score (nSPS) is 14.6. The number of benzene rings is 2. The molecule has 0 radical (unpaired) electrons. The summed E-state index contributed by atoms with van der Waals surface area (Å²) in [6.45, 7) is 4.93. The topological polar surface area (TPSA) is 58.1 Å². The van der Waals surface area contributed by atoms with Gasteiger partial charge in [0.15, 0.2) is 5.96 Å². The molecule has 1 heterocycles. The quantitative estimate of drug-likeness (QED) is 0.313. The summed E-state index contributed by atoms with van der Waals surface area (Å²) in [4.78, 5) is 6.91. The van der Waals surface area contributed by atoms with Gasteiger partial charge in [0, 0.05) is 55.1 Å². The van der Waals surface area contributed by atoms with E-state index in [2.05, 4.69) is 20.5 Å². The molecule has 0 unspecified atom stereocenters. The highest BCUT2D eigenvalue weighted by Gasteiger charge is 2.21. The molecule has 0 amide bonds. The first-order valence-electron chi connectivity index (χ1n) is 10.4. The molecule has 2 aromatic rings. The number of ether oxygens (including phenoxy) is 2. The fourth-order valence-electron chi connectivity index (χ4n) is 3.56. The van der Waals surface area contributed by atoms with E-state index in [1.54, 1.807) is 26.4 Å². The van der Waals surface area contributed by atoms with Crippen LogP contribution in [0.25, 0.3) is 0 Å². The molecule has 0 aromatic heterocycles. The van der Waals surface area contributed by atoms with Crippen molar-refractivity contribution in [2.45, 2.75) is 32.4 Å². The van der Waals surface area contributed by atoms with E-state index in [1.807, 2.05) is 31.2 Å². The van der Waals surface area contributed by atoms with Gasteiger partial charge in [0.25, 0.3) is 0 Å². The molecule has 6 nitrogen and oxygen atoms in total. The minimum Gasteiger partial charge on any atom is -0.497 e. The van der Waals surface area contributed by atoms with Crippen molar-refractivity contribution in [2.24, 2.45) is 4.99 Å². The maximum Gasteiger partial charge on any atom is 0.191 e. The number of halogens is 2. The van der Waals surface area contributed by atoms with Gasteiger partial charge in [-0.3, -0.25) is 0 Å². The average molecular weight is 542 g/mol. The Labute approximate surface area is 201 Å². The Bertz CT molecular complexity index is 835. The highest BCUT2D eigenvalue weighted by atomic mass is 127. The standard InChI is InChI=1S/C23H31FN4O2.HI/c1-4-25-23(26-16-17-7-5-6-8-22(17)24)27-18-9-11-28(12-10-18)19-13-20(29-2)15-21(14-19)30-3;/h5-8,13-15,18H,4,9-12,16H2,1-3H3,(H2,25,26,27);1H. The van der Waals surface area contributed by atoms with Crippen LogP contribution in [0.3, 0.4) is 0 Å². The van der Waals surface area contributed by atoms with Gasteiger partial charge in [0.1, 0.15) is 17.3 Å². The Morgan fingerprint density at radius 2 is 1.74 bits per heavy atom. The van der Waals surface area contributed by atoms with E-state index >= 15 is 0 Å². The van der Waals surface area contributed by atoms with Crippen LogP contribution in [0, 0.1) is 5.82 Å². The van der Waals surface area contributed by atoms with E-state index in [0.29, 0.717) is 18.2 Å². The Balaban J connectivity index is 0.00000341. The molecule has 170 valence electrons. The second-order valence-electron chi connectivity index (χ2n) is 7.26. The Morgan fingerprint density at radius 3 is 2.32 bits per heavy atom. The lowest BCUT2D eigenvalue weighted by atomic mass is 10.0. The van der Waals surface area contributed by atoms with Crippen LogP contribution in [-0.4, -0.2) is 45.9 Å². The van der Waals surface area contributed by atoms with Crippen LogP contribution in [0.2, 0.25) is 0 Å². The van der Waals surface area contributed by atoms with Gasteiger partial charge in [0.2, 0.25) is 0 Å². The van der Waals surface area contributed by atoms with E-state index in [4.69, 9.17) is 9.47 Å². The number of hydrogen-bond donors (Lipinski definition) is 2. The van der Waals surface area contributed by atoms with E-state index in [0.717, 1.165) is 55.6 Å². The van der Waals surface area contributed by atoms with Gasteiger partial charge in [0.05, 0.1) is 20.8 Å². The van der Waals surface area contributed by atoms with Crippen molar-refractivity contribution in [1.82, 2.24) is 10.6 Å². The number of nitrogens with one attached hydrogen (secondary N) is 2. The fraction of sp³-hybridized carbons (Fsp3) is 0.435. The van der Waals surface area contributed by atoms with Crippen molar-refractivity contribution in [2.75, 3.05) is 38.8 Å². The third kappa shape index (κ3) is 7.15. The van der Waals surface area contributed by atoms with E-state index in [9.17, 15) is 4.39 Å². The Hall–Kier alpha value is -2.23. The first-order chi connectivity index (χ1) is 14.6. The molecule has 1 fully saturated rings. The summed E-state index contributed by atoms with van der Waals surface area (Å²) in [6.07, 6.45) is 1.95. The van der Waals surface area contributed by atoms with E-state index < -0.39 is 0 Å². The predicted molar refractivity (Wildman–Crippen MR) is 135 cm³/mol. The number of guanidine groups is 1. The zero-order chi connectivity index (χ0) is 21.3. The number of methoxy groups -OCH3 is 2.